The Balaban J connectivity index is 2.63. The molecule has 0 radical (unpaired) electrons. The van der Waals surface area contributed by atoms with Gasteiger partial charge in [-0.3, -0.25) is 4.79 Å². The van der Waals surface area contributed by atoms with E-state index in [4.69, 9.17) is 10.00 Å². The van der Waals surface area contributed by atoms with Crippen molar-refractivity contribution in [3.63, 3.8) is 0 Å². The minimum Gasteiger partial charge on any atom is -0.465 e. The molecule has 0 amide bonds. The molecule has 4 nitrogen and oxygen atoms in total. The van der Waals surface area contributed by atoms with Crippen molar-refractivity contribution >= 4 is 5.97 Å². The number of nitriles is 1. The van der Waals surface area contributed by atoms with Crippen LogP contribution < -0.4 is 0 Å². The van der Waals surface area contributed by atoms with Crippen LogP contribution >= 0.6 is 0 Å². The molecule has 4 heteroatoms. The quantitative estimate of drug-likeness (QED) is 0.549. The predicted octanol–water partition coefficient (Wildman–Crippen LogP) is 1.26. The van der Waals surface area contributed by atoms with Crippen molar-refractivity contribution in [1.29, 1.82) is 5.26 Å². The molecule has 0 saturated heterocycles. The van der Waals surface area contributed by atoms with Crippen LogP contribution in [0, 0.1) is 23.2 Å². The molecule has 0 unspecified atom stereocenters. The molecule has 0 aliphatic carbocycles. The lowest BCUT2D eigenvalue weighted by Gasteiger charge is -1.94. The third-order valence-corrected chi connectivity index (χ3v) is 1.65. The summed E-state index contributed by atoms with van der Waals surface area (Å²) in [7, 11) is 0. The van der Waals surface area contributed by atoms with Gasteiger partial charge in [-0.2, -0.15) is 5.26 Å². The van der Waals surface area contributed by atoms with E-state index in [1.807, 2.05) is 6.07 Å². The predicted molar refractivity (Wildman–Crippen MR) is 57.1 cm³/mol. The molecule has 16 heavy (non-hydrogen) atoms. The van der Waals surface area contributed by atoms with Gasteiger partial charge in [0.15, 0.2) is 0 Å². The van der Waals surface area contributed by atoms with Crippen molar-refractivity contribution in [3.8, 4) is 17.9 Å². The van der Waals surface area contributed by atoms with Crippen molar-refractivity contribution in [2.45, 2.75) is 13.3 Å². The number of hydrogen-bond donors (Lipinski definition) is 0. The maximum absolute atomic E-state index is 11.0. The fourth-order valence-electron chi connectivity index (χ4n) is 1.000. The Morgan fingerprint density at radius 1 is 1.62 bits per heavy atom. The van der Waals surface area contributed by atoms with Gasteiger partial charge in [0, 0.05) is 11.8 Å². The van der Waals surface area contributed by atoms with Crippen LogP contribution in [0.1, 0.15) is 24.6 Å². The van der Waals surface area contributed by atoms with Gasteiger partial charge in [-0.05, 0) is 19.1 Å². The molecule has 1 aromatic rings. The Kier molecular flexibility index (Phi) is 4.56. The Hall–Kier alpha value is -2.33. The minimum atomic E-state index is -0.343. The highest BCUT2D eigenvalue weighted by Gasteiger charge is 1.96. The first-order valence-corrected chi connectivity index (χ1v) is 4.77. The summed E-state index contributed by atoms with van der Waals surface area (Å²) in [6, 6.07) is 5.16. The van der Waals surface area contributed by atoms with Crippen LogP contribution in [0.2, 0.25) is 0 Å². The fourth-order valence-corrected chi connectivity index (χ4v) is 1.000. The second kappa shape index (κ2) is 6.21. The lowest BCUT2D eigenvalue weighted by atomic mass is 10.2. The van der Waals surface area contributed by atoms with Crippen LogP contribution in [-0.2, 0) is 9.53 Å². The number of nitrogens with zero attached hydrogens (tertiary/aromatic N) is 2. The molecular weight excluding hydrogens is 204 g/mol. The highest BCUT2D eigenvalue weighted by Crippen LogP contribution is 1.98. The summed E-state index contributed by atoms with van der Waals surface area (Å²) >= 11 is 0. The number of esters is 1. The van der Waals surface area contributed by atoms with Crippen LogP contribution in [0.4, 0.5) is 0 Å². The van der Waals surface area contributed by atoms with Gasteiger partial charge in [-0.15, -0.1) is 0 Å². The number of carbonyl (C=O) groups excluding carboxylic acids is 1. The third-order valence-electron chi connectivity index (χ3n) is 1.65. The largest absolute Gasteiger partial charge is 0.465 e. The third kappa shape index (κ3) is 3.81. The average Bonchev–Trinajstić information content (AvgIpc) is 2.30. The maximum Gasteiger partial charge on any atom is 0.317 e. The second-order valence-electron chi connectivity index (χ2n) is 2.83. The number of ether oxygens (including phenoxy) is 1. The average molecular weight is 214 g/mol. The second-order valence-corrected chi connectivity index (χ2v) is 2.83. The number of hydrogen-bond acceptors (Lipinski definition) is 4. The van der Waals surface area contributed by atoms with Crippen LogP contribution in [0.15, 0.2) is 18.3 Å². The summed E-state index contributed by atoms with van der Waals surface area (Å²) in [4.78, 5) is 14.8. The molecule has 80 valence electrons. The van der Waals surface area contributed by atoms with Gasteiger partial charge in [-0.25, -0.2) is 4.98 Å². The fraction of sp³-hybridized carbons (Fsp3) is 0.250. The van der Waals surface area contributed by atoms with Crippen LogP contribution in [0.3, 0.4) is 0 Å². The van der Waals surface area contributed by atoms with E-state index in [0.29, 0.717) is 17.9 Å². The van der Waals surface area contributed by atoms with E-state index in [1.54, 1.807) is 19.1 Å². The summed E-state index contributed by atoms with van der Waals surface area (Å²) in [6.07, 6.45) is 1.56. The first-order chi connectivity index (χ1) is 7.76. The molecule has 0 aliphatic rings. The maximum atomic E-state index is 11.0. The van der Waals surface area contributed by atoms with Gasteiger partial charge in [0.2, 0.25) is 0 Å². The Morgan fingerprint density at radius 2 is 2.44 bits per heavy atom. The van der Waals surface area contributed by atoms with E-state index < -0.39 is 0 Å². The molecule has 0 spiro atoms. The van der Waals surface area contributed by atoms with Crippen LogP contribution in [0.5, 0.6) is 0 Å². The van der Waals surface area contributed by atoms with Crippen LogP contribution in [0.25, 0.3) is 0 Å². The lowest BCUT2D eigenvalue weighted by Crippen LogP contribution is -2.01. The minimum absolute atomic E-state index is 0.0536. The first-order valence-electron chi connectivity index (χ1n) is 4.77. The van der Waals surface area contributed by atoms with Crippen molar-refractivity contribution < 1.29 is 9.53 Å². The molecule has 0 aliphatic heterocycles. The topological polar surface area (TPSA) is 63.0 Å². The molecular formula is C12H10N2O2. The molecule has 0 saturated carbocycles. The number of rotatable bonds is 2. The number of pyridine rings is 1. The van der Waals surface area contributed by atoms with Gasteiger partial charge in [-0.1, -0.05) is 11.8 Å². The zero-order valence-electron chi connectivity index (χ0n) is 8.86. The number of carbonyl (C=O) groups is 1. The molecule has 0 aromatic carbocycles. The molecule has 1 aromatic heterocycles. The van der Waals surface area contributed by atoms with E-state index in [1.165, 1.54) is 6.20 Å². The smallest absolute Gasteiger partial charge is 0.317 e. The van der Waals surface area contributed by atoms with E-state index in [-0.39, 0.29) is 12.4 Å². The molecule has 0 fully saturated rings. The SMILES string of the molecule is CCOC(=O)CC#Cc1ccnc(C#N)c1. The molecule has 0 bridgehead atoms. The van der Waals surface area contributed by atoms with Gasteiger partial charge >= 0.3 is 5.97 Å². The van der Waals surface area contributed by atoms with Crippen LogP contribution in [-0.4, -0.2) is 17.6 Å². The highest BCUT2D eigenvalue weighted by molar-refractivity contribution is 5.72. The molecule has 1 rings (SSSR count). The summed E-state index contributed by atoms with van der Waals surface area (Å²) in [6.45, 7) is 2.10. The Morgan fingerprint density at radius 3 is 3.12 bits per heavy atom. The normalized spacial score (nSPS) is 8.50. The summed E-state index contributed by atoms with van der Waals surface area (Å²) in [5, 5.41) is 8.61. The van der Waals surface area contributed by atoms with Crippen molar-refractivity contribution in [3.05, 3.63) is 29.6 Å². The monoisotopic (exact) mass is 214 g/mol. The standard InChI is InChI=1S/C12H10N2O2/c1-2-16-12(15)5-3-4-10-6-7-14-11(8-10)9-13/h6-8H,2,5H2,1H3. The van der Waals surface area contributed by atoms with E-state index >= 15 is 0 Å². The number of aromatic nitrogens is 1. The van der Waals surface area contributed by atoms with Gasteiger partial charge < -0.3 is 4.74 Å². The van der Waals surface area contributed by atoms with Gasteiger partial charge in [0.05, 0.1) is 6.61 Å². The Labute approximate surface area is 93.9 Å². The summed E-state index contributed by atoms with van der Waals surface area (Å²) in [5.74, 6) is 5.10. The van der Waals surface area contributed by atoms with Gasteiger partial charge in [0.25, 0.3) is 0 Å². The zero-order valence-corrected chi connectivity index (χ0v) is 8.86. The van der Waals surface area contributed by atoms with Crippen molar-refractivity contribution in [2.24, 2.45) is 0 Å². The Bertz CT molecular complexity index is 478. The zero-order chi connectivity index (χ0) is 11.8. The molecule has 0 N–H and O–H groups in total. The summed E-state index contributed by atoms with van der Waals surface area (Å²) in [5.41, 5.74) is 0.971. The molecule has 1 heterocycles. The van der Waals surface area contributed by atoms with Gasteiger partial charge in [0.1, 0.15) is 18.2 Å². The highest BCUT2D eigenvalue weighted by atomic mass is 16.5. The summed E-state index contributed by atoms with van der Waals surface area (Å²) < 4.78 is 4.72. The molecule has 0 atom stereocenters. The van der Waals surface area contributed by atoms with Crippen molar-refractivity contribution in [1.82, 2.24) is 4.98 Å². The van der Waals surface area contributed by atoms with E-state index in [9.17, 15) is 4.79 Å². The first kappa shape index (κ1) is 11.7. The van der Waals surface area contributed by atoms with E-state index in [0.717, 1.165) is 0 Å². The van der Waals surface area contributed by atoms with Crippen molar-refractivity contribution in [2.75, 3.05) is 6.61 Å². The van der Waals surface area contributed by atoms with E-state index in [2.05, 4.69) is 16.8 Å². The lowest BCUT2D eigenvalue weighted by molar-refractivity contribution is -0.141.